The molecule has 2 fully saturated rings. The van der Waals surface area contributed by atoms with E-state index in [4.69, 9.17) is 14.2 Å². The molecule has 2 aliphatic carbocycles. The first kappa shape index (κ1) is 17.7. The van der Waals surface area contributed by atoms with Crippen molar-refractivity contribution in [2.24, 2.45) is 17.8 Å². The second kappa shape index (κ2) is 7.53. The van der Waals surface area contributed by atoms with Crippen molar-refractivity contribution in [1.29, 1.82) is 0 Å². The van der Waals surface area contributed by atoms with E-state index >= 15 is 0 Å². The molecule has 4 heteroatoms. The molecule has 144 valence electrons. The van der Waals surface area contributed by atoms with E-state index in [9.17, 15) is 4.79 Å². The quantitative estimate of drug-likeness (QED) is 0.567. The van der Waals surface area contributed by atoms with Crippen LogP contribution in [-0.2, 0) is 32.2 Å². The van der Waals surface area contributed by atoms with Gasteiger partial charge in [-0.2, -0.15) is 0 Å². The molecule has 2 aliphatic heterocycles. The van der Waals surface area contributed by atoms with Gasteiger partial charge in [0, 0.05) is 18.3 Å². The summed E-state index contributed by atoms with van der Waals surface area (Å²) in [7, 11) is 0. The molecule has 28 heavy (non-hydrogen) atoms. The Hall–Kier alpha value is -2.43. The van der Waals surface area contributed by atoms with Crippen molar-refractivity contribution < 1.29 is 19.0 Å². The fraction of sp³-hybridized carbons (Fsp3) is 0.375. The lowest BCUT2D eigenvalue weighted by Gasteiger charge is -2.43. The smallest absolute Gasteiger partial charge is 0.313 e. The van der Waals surface area contributed by atoms with Crippen LogP contribution in [0.25, 0.3) is 0 Å². The molecular weight excluding hydrogens is 352 g/mol. The van der Waals surface area contributed by atoms with E-state index in [2.05, 4.69) is 24.3 Å². The number of carbonyl (C=O) groups excluding carboxylic acids is 1. The van der Waals surface area contributed by atoms with Crippen molar-refractivity contribution in [2.75, 3.05) is 0 Å². The Morgan fingerprint density at radius 1 is 0.786 bits per heavy atom. The summed E-state index contributed by atoms with van der Waals surface area (Å²) in [6, 6.07) is 20.4. The van der Waals surface area contributed by atoms with Gasteiger partial charge in [0.15, 0.2) is 0 Å². The zero-order chi connectivity index (χ0) is 18.9. The molecule has 6 rings (SSSR count). The maximum absolute atomic E-state index is 12.3. The lowest BCUT2D eigenvalue weighted by Crippen LogP contribution is -2.50. The third kappa shape index (κ3) is 3.27. The van der Waals surface area contributed by atoms with Crippen LogP contribution >= 0.6 is 0 Å². The molecule has 0 radical (unpaired) electrons. The van der Waals surface area contributed by atoms with E-state index < -0.39 is 0 Å². The van der Waals surface area contributed by atoms with Crippen molar-refractivity contribution in [2.45, 2.75) is 37.9 Å². The van der Waals surface area contributed by atoms with Gasteiger partial charge in [0.1, 0.15) is 6.10 Å². The number of hydrogen-bond acceptors (Lipinski definition) is 4. The van der Waals surface area contributed by atoms with E-state index in [1.165, 1.54) is 0 Å². The Labute approximate surface area is 165 Å². The van der Waals surface area contributed by atoms with Crippen molar-refractivity contribution >= 4 is 5.97 Å². The lowest BCUT2D eigenvalue weighted by molar-refractivity contribution is -0.175. The highest BCUT2D eigenvalue weighted by Crippen LogP contribution is 2.50. The van der Waals surface area contributed by atoms with Crippen LogP contribution < -0.4 is 0 Å². The number of fused-ring (bicyclic) bond motifs is 1. The highest BCUT2D eigenvalue weighted by molar-refractivity contribution is 5.78. The summed E-state index contributed by atoms with van der Waals surface area (Å²) in [4.78, 5) is 12.3. The number of esters is 1. The zero-order valence-electron chi connectivity index (χ0n) is 15.6. The molecule has 0 amide bonds. The minimum Gasteiger partial charge on any atom is -0.457 e. The van der Waals surface area contributed by atoms with Gasteiger partial charge < -0.3 is 14.2 Å². The van der Waals surface area contributed by atoms with E-state index in [1.807, 2.05) is 48.6 Å². The largest absolute Gasteiger partial charge is 0.457 e. The Kier molecular flexibility index (Phi) is 4.75. The van der Waals surface area contributed by atoms with Gasteiger partial charge in [-0.05, 0) is 17.2 Å². The third-order valence-corrected chi connectivity index (χ3v) is 6.21. The average Bonchev–Trinajstić information content (AvgIpc) is 3.13. The van der Waals surface area contributed by atoms with Crippen LogP contribution in [0.1, 0.15) is 17.5 Å². The van der Waals surface area contributed by atoms with Crippen LogP contribution in [0.2, 0.25) is 0 Å². The van der Waals surface area contributed by atoms with Crippen LogP contribution in [0.5, 0.6) is 0 Å². The molecule has 4 aliphatic rings. The summed E-state index contributed by atoms with van der Waals surface area (Å²) in [5.41, 5.74) is 2.30. The standard InChI is InChI=1S/C24H24O4/c25-24-18-11-12-19(28-24)23-21(27-15-17-9-5-2-6-10-17)13-20(22(18)23)26-14-16-7-3-1-4-8-16/h1-12,18-23H,13-15H2/t18-,19+,20-,21+,22-,23+/m0/s1. The molecule has 1 saturated carbocycles. The molecular formula is C24H24O4. The van der Waals surface area contributed by atoms with Gasteiger partial charge in [-0.15, -0.1) is 0 Å². The summed E-state index contributed by atoms with van der Waals surface area (Å²) < 4.78 is 18.3. The molecule has 0 N–H and O–H groups in total. The number of carbonyl (C=O) groups is 1. The van der Waals surface area contributed by atoms with E-state index in [0.717, 1.165) is 17.5 Å². The number of ether oxygens (including phenoxy) is 3. The molecule has 0 spiro atoms. The summed E-state index contributed by atoms with van der Waals surface area (Å²) in [6.07, 6.45) is 4.66. The molecule has 2 aromatic carbocycles. The topological polar surface area (TPSA) is 44.8 Å². The number of hydrogen-bond donors (Lipinski definition) is 0. The maximum Gasteiger partial charge on any atom is 0.313 e. The molecule has 0 unspecified atom stereocenters. The number of benzene rings is 2. The first-order chi connectivity index (χ1) is 13.8. The maximum atomic E-state index is 12.3. The molecule has 2 bridgehead atoms. The van der Waals surface area contributed by atoms with Gasteiger partial charge in [-0.3, -0.25) is 4.79 Å². The molecule has 1 saturated heterocycles. The zero-order valence-corrected chi connectivity index (χ0v) is 15.6. The van der Waals surface area contributed by atoms with Gasteiger partial charge in [0.05, 0.1) is 31.3 Å². The predicted molar refractivity (Wildman–Crippen MR) is 104 cm³/mol. The second-order valence-electron chi connectivity index (χ2n) is 7.87. The number of rotatable bonds is 6. The highest BCUT2D eigenvalue weighted by Gasteiger charge is 2.58. The molecule has 0 aromatic heterocycles. The Morgan fingerprint density at radius 3 is 1.93 bits per heavy atom. The fourth-order valence-electron chi connectivity index (χ4n) is 4.91. The summed E-state index contributed by atoms with van der Waals surface area (Å²) in [5, 5.41) is 0. The lowest BCUT2D eigenvalue weighted by atomic mass is 9.72. The fourth-order valence-corrected chi connectivity index (χ4v) is 4.91. The monoisotopic (exact) mass is 376 g/mol. The van der Waals surface area contributed by atoms with E-state index in [1.54, 1.807) is 0 Å². The normalized spacial score (nSPS) is 32.9. The molecule has 2 heterocycles. The van der Waals surface area contributed by atoms with Crippen molar-refractivity contribution in [3.05, 3.63) is 83.9 Å². The van der Waals surface area contributed by atoms with Crippen LogP contribution in [0.15, 0.2) is 72.8 Å². The van der Waals surface area contributed by atoms with Crippen LogP contribution in [-0.4, -0.2) is 24.3 Å². The first-order valence-electron chi connectivity index (χ1n) is 9.99. The first-order valence-corrected chi connectivity index (χ1v) is 9.99. The molecule has 4 nitrogen and oxygen atoms in total. The third-order valence-electron chi connectivity index (χ3n) is 6.21. The van der Waals surface area contributed by atoms with Gasteiger partial charge in [0.25, 0.3) is 0 Å². The average molecular weight is 376 g/mol. The highest BCUT2D eigenvalue weighted by atomic mass is 16.6. The Balaban J connectivity index is 1.33. The van der Waals surface area contributed by atoms with E-state index in [0.29, 0.717) is 13.2 Å². The van der Waals surface area contributed by atoms with Crippen LogP contribution in [0, 0.1) is 17.8 Å². The van der Waals surface area contributed by atoms with Gasteiger partial charge >= 0.3 is 5.97 Å². The van der Waals surface area contributed by atoms with Gasteiger partial charge in [-0.25, -0.2) is 0 Å². The summed E-state index contributed by atoms with van der Waals surface area (Å²) >= 11 is 0. The summed E-state index contributed by atoms with van der Waals surface area (Å²) in [6.45, 7) is 1.12. The van der Waals surface area contributed by atoms with Crippen molar-refractivity contribution in [3.63, 3.8) is 0 Å². The molecule has 2 aromatic rings. The second-order valence-corrected chi connectivity index (χ2v) is 7.87. The molecule has 6 atom stereocenters. The summed E-state index contributed by atoms with van der Waals surface area (Å²) in [5.74, 6) is -0.0511. The minimum atomic E-state index is -0.221. The van der Waals surface area contributed by atoms with E-state index in [-0.39, 0.29) is 42.0 Å². The predicted octanol–water partition coefficient (Wildman–Crippen LogP) is 3.90. The minimum absolute atomic E-state index is 0.00344. The Bertz CT molecular complexity index is 847. The van der Waals surface area contributed by atoms with Crippen molar-refractivity contribution in [3.8, 4) is 0 Å². The SMILES string of the molecule is O=C1O[C@@H]2C=C[C@H]1[C@@H]1[C@H]2[C@H](OCc2ccccc2)C[C@@H]1OCc1ccccc1. The Morgan fingerprint density at radius 2 is 1.36 bits per heavy atom. The van der Waals surface area contributed by atoms with Gasteiger partial charge in [-0.1, -0.05) is 66.7 Å². The van der Waals surface area contributed by atoms with Crippen LogP contribution in [0.3, 0.4) is 0 Å². The van der Waals surface area contributed by atoms with Crippen LogP contribution in [0.4, 0.5) is 0 Å². The van der Waals surface area contributed by atoms with Crippen molar-refractivity contribution in [1.82, 2.24) is 0 Å². The van der Waals surface area contributed by atoms with Gasteiger partial charge in [0.2, 0.25) is 0 Å².